The van der Waals surface area contributed by atoms with Crippen molar-refractivity contribution in [2.75, 3.05) is 0 Å². The van der Waals surface area contributed by atoms with Gasteiger partial charge in [-0.2, -0.15) is 0 Å². The summed E-state index contributed by atoms with van der Waals surface area (Å²) in [6, 6.07) is 0. The van der Waals surface area contributed by atoms with Gasteiger partial charge in [-0.1, -0.05) is 21.4 Å². The summed E-state index contributed by atoms with van der Waals surface area (Å²) in [4.78, 5) is 3.78. The molecule has 0 bridgehead atoms. The summed E-state index contributed by atoms with van der Waals surface area (Å²) < 4.78 is 1.78. The third-order valence-electron chi connectivity index (χ3n) is 0.736. The second kappa shape index (κ2) is 5.09. The van der Waals surface area contributed by atoms with Gasteiger partial charge in [-0.05, 0) is 0 Å². The van der Waals surface area contributed by atoms with Gasteiger partial charge in [-0.15, -0.1) is 0 Å². The maximum atomic E-state index is 3.78. The highest BCUT2D eigenvalue weighted by molar-refractivity contribution is 5.14. The van der Waals surface area contributed by atoms with E-state index in [1.54, 1.807) is 23.3 Å². The van der Waals surface area contributed by atoms with Crippen LogP contribution < -0.4 is 0 Å². The molecule has 0 amide bonds. The Bertz CT molecular complexity index is 142. The quantitative estimate of drug-likeness (QED) is 0.564. The molecule has 1 aromatic rings. The third kappa shape index (κ3) is 2.69. The van der Waals surface area contributed by atoms with Gasteiger partial charge in [0, 0.05) is 18.6 Å². The second-order valence-electron chi connectivity index (χ2n) is 1.19. The van der Waals surface area contributed by atoms with Gasteiger partial charge in [-0.25, -0.2) is 4.98 Å². The molecule has 9 heavy (non-hydrogen) atoms. The number of rotatable bonds is 1. The summed E-state index contributed by atoms with van der Waals surface area (Å²) in [5, 5.41) is 0. The average Bonchev–Trinajstić information content (AvgIpc) is 2.14. The van der Waals surface area contributed by atoms with Crippen LogP contribution in [0.25, 0.3) is 6.20 Å². The molecule has 0 fully saturated rings. The second-order valence-corrected chi connectivity index (χ2v) is 1.19. The van der Waals surface area contributed by atoms with Crippen LogP contribution in [0.2, 0.25) is 0 Å². The van der Waals surface area contributed by atoms with Gasteiger partial charge < -0.3 is 4.57 Å². The van der Waals surface area contributed by atoms with E-state index in [2.05, 4.69) is 11.6 Å². The summed E-state index contributed by atoms with van der Waals surface area (Å²) in [6.07, 6.45) is 6.91. The van der Waals surface area contributed by atoms with Crippen molar-refractivity contribution in [2.24, 2.45) is 0 Å². The molecule has 0 atom stereocenters. The zero-order valence-corrected chi connectivity index (χ0v) is 3.91. The maximum Gasteiger partial charge on any atom is 0.0986 e. The number of aromatic nitrogens is 2. The number of imidazole rings is 1. The Morgan fingerprint density at radius 3 is 2.33 bits per heavy atom. The molecule has 1 heterocycles. The summed E-state index contributed by atoms with van der Waals surface area (Å²) in [6.45, 7) is 3.53. The Hall–Kier alpha value is -1.05. The number of nitrogens with zero attached hydrogens (tertiary/aromatic N) is 2. The normalized spacial score (nSPS) is 6.67. The fourth-order valence-electron chi connectivity index (χ4n) is 0.377. The van der Waals surface area contributed by atoms with Crippen molar-refractivity contribution in [2.45, 2.75) is 14.9 Å². The van der Waals surface area contributed by atoms with Crippen LogP contribution in [-0.4, -0.2) is 9.55 Å². The summed E-state index contributed by atoms with van der Waals surface area (Å²) in [7, 11) is 0. The first-order valence-electron chi connectivity index (χ1n) is 2.03. The predicted octanol–water partition coefficient (Wildman–Crippen LogP) is 2.26. The average molecular weight is 126 g/mol. The zero-order valence-electron chi connectivity index (χ0n) is 3.91. The van der Waals surface area contributed by atoms with Gasteiger partial charge >= 0.3 is 0 Å². The Morgan fingerprint density at radius 2 is 2.11 bits per heavy atom. The van der Waals surface area contributed by atoms with E-state index in [9.17, 15) is 0 Å². The minimum atomic E-state index is 0. The standard InChI is InChI=1S/C5H6N2.2CH4/c1-2-7-4-3-6-5-7;;/h2-5H,1H2;2*1H4. The molecule has 1 rings (SSSR count). The van der Waals surface area contributed by atoms with Crippen LogP contribution in [0.3, 0.4) is 0 Å². The van der Waals surface area contributed by atoms with Gasteiger partial charge in [0.25, 0.3) is 0 Å². The fourth-order valence-corrected chi connectivity index (χ4v) is 0.377. The van der Waals surface area contributed by atoms with Crippen molar-refractivity contribution in [3.8, 4) is 0 Å². The molecule has 0 aliphatic heterocycles. The minimum absolute atomic E-state index is 0. The zero-order chi connectivity index (χ0) is 5.11. The lowest BCUT2D eigenvalue weighted by Crippen LogP contribution is -1.73. The first-order chi connectivity index (χ1) is 3.43. The van der Waals surface area contributed by atoms with Crippen molar-refractivity contribution in [1.82, 2.24) is 9.55 Å². The summed E-state index contributed by atoms with van der Waals surface area (Å²) in [5.41, 5.74) is 0. The van der Waals surface area contributed by atoms with Crippen LogP contribution >= 0.6 is 0 Å². The van der Waals surface area contributed by atoms with Crippen LogP contribution in [-0.2, 0) is 0 Å². The molecule has 0 spiro atoms. The van der Waals surface area contributed by atoms with Crippen molar-refractivity contribution in [3.05, 3.63) is 25.3 Å². The van der Waals surface area contributed by atoms with E-state index < -0.39 is 0 Å². The highest BCUT2D eigenvalue weighted by atomic mass is 15.0. The lowest BCUT2D eigenvalue weighted by Gasteiger charge is -1.80. The van der Waals surface area contributed by atoms with Crippen LogP contribution in [0.1, 0.15) is 14.9 Å². The molecule has 0 aliphatic rings. The van der Waals surface area contributed by atoms with Crippen molar-refractivity contribution < 1.29 is 0 Å². The highest BCUT2D eigenvalue weighted by Gasteiger charge is 1.73. The lowest BCUT2D eigenvalue weighted by molar-refractivity contribution is 1.14. The van der Waals surface area contributed by atoms with Gasteiger partial charge in [0.05, 0.1) is 6.33 Å². The van der Waals surface area contributed by atoms with Gasteiger partial charge in [0.2, 0.25) is 0 Å². The van der Waals surface area contributed by atoms with E-state index in [0.29, 0.717) is 0 Å². The minimum Gasteiger partial charge on any atom is -0.314 e. The topological polar surface area (TPSA) is 17.8 Å². The van der Waals surface area contributed by atoms with Crippen LogP contribution in [0.5, 0.6) is 0 Å². The summed E-state index contributed by atoms with van der Waals surface area (Å²) in [5.74, 6) is 0. The Kier molecular flexibility index (Phi) is 6.14. The Morgan fingerprint density at radius 1 is 1.44 bits per heavy atom. The SMILES string of the molecule is C.C.C=Cn1ccnc1. The van der Waals surface area contributed by atoms with E-state index in [0.717, 1.165) is 0 Å². The van der Waals surface area contributed by atoms with Crippen molar-refractivity contribution in [1.29, 1.82) is 0 Å². The fraction of sp³-hybridized carbons (Fsp3) is 0.286. The van der Waals surface area contributed by atoms with Gasteiger partial charge in [0.15, 0.2) is 0 Å². The highest BCUT2D eigenvalue weighted by Crippen LogP contribution is 1.81. The molecule has 52 valence electrons. The van der Waals surface area contributed by atoms with E-state index in [1.165, 1.54) is 0 Å². The molecule has 0 saturated carbocycles. The predicted molar refractivity (Wildman–Crippen MR) is 42.1 cm³/mol. The largest absolute Gasteiger partial charge is 0.314 e. The van der Waals surface area contributed by atoms with E-state index in [1.807, 2.05) is 6.20 Å². The molecule has 2 heteroatoms. The first kappa shape index (κ1) is 10.8. The monoisotopic (exact) mass is 126 g/mol. The molecule has 0 saturated heterocycles. The molecule has 1 aromatic heterocycles. The van der Waals surface area contributed by atoms with Gasteiger partial charge in [0.1, 0.15) is 0 Å². The molecule has 0 unspecified atom stereocenters. The van der Waals surface area contributed by atoms with E-state index in [4.69, 9.17) is 0 Å². The van der Waals surface area contributed by atoms with Crippen molar-refractivity contribution >= 4 is 6.20 Å². The van der Waals surface area contributed by atoms with E-state index in [-0.39, 0.29) is 14.9 Å². The van der Waals surface area contributed by atoms with Crippen LogP contribution in [0.15, 0.2) is 25.3 Å². The molecular weight excluding hydrogens is 112 g/mol. The Labute approximate surface area is 56.9 Å². The molecule has 2 nitrogen and oxygen atoms in total. The lowest BCUT2D eigenvalue weighted by atomic mass is 10.9. The first-order valence-corrected chi connectivity index (χ1v) is 2.03. The maximum absolute atomic E-state index is 3.78. The van der Waals surface area contributed by atoms with Crippen LogP contribution in [0.4, 0.5) is 0 Å². The van der Waals surface area contributed by atoms with Crippen molar-refractivity contribution in [3.63, 3.8) is 0 Å². The Balaban J connectivity index is 0. The number of hydrogen-bond acceptors (Lipinski definition) is 1. The van der Waals surface area contributed by atoms with Crippen LogP contribution in [0, 0.1) is 0 Å². The molecule has 0 N–H and O–H groups in total. The molecule has 0 aromatic carbocycles. The van der Waals surface area contributed by atoms with Gasteiger partial charge in [-0.3, -0.25) is 0 Å². The summed E-state index contributed by atoms with van der Waals surface area (Å²) >= 11 is 0. The third-order valence-corrected chi connectivity index (χ3v) is 0.736. The molecular formula is C7H14N2. The van der Waals surface area contributed by atoms with E-state index >= 15 is 0 Å². The molecule has 0 aliphatic carbocycles. The smallest absolute Gasteiger partial charge is 0.0986 e. The molecule has 0 radical (unpaired) electrons. The number of hydrogen-bond donors (Lipinski definition) is 0.